The van der Waals surface area contributed by atoms with E-state index in [1.165, 1.54) is 9.44 Å². The van der Waals surface area contributed by atoms with E-state index < -0.39 is 0 Å². The number of amides is 1. The number of rotatable bonds is 5. The summed E-state index contributed by atoms with van der Waals surface area (Å²) in [4.78, 5) is 33.6. The van der Waals surface area contributed by atoms with E-state index in [1.807, 2.05) is 42.5 Å². The van der Waals surface area contributed by atoms with Gasteiger partial charge < -0.3 is 10.1 Å². The van der Waals surface area contributed by atoms with Crippen molar-refractivity contribution >= 4 is 33.1 Å². The molecule has 2 aromatic carbocycles. The largest absolute Gasteiger partial charge is 0.495 e. The number of carbonyl (C=O) groups excluding carboxylic acids is 1. The van der Waals surface area contributed by atoms with Crippen LogP contribution in [0.2, 0.25) is 0 Å². The fourth-order valence-electron chi connectivity index (χ4n) is 4.27. The molecule has 0 spiro atoms. The highest BCUT2D eigenvalue weighted by Crippen LogP contribution is 2.35. The molecule has 0 radical (unpaired) electrons. The number of anilines is 1. The molecule has 0 saturated carbocycles. The Hall–Kier alpha value is -3.45. The summed E-state index contributed by atoms with van der Waals surface area (Å²) in [6, 6.07) is 16.8. The van der Waals surface area contributed by atoms with Crippen LogP contribution in [-0.2, 0) is 24.2 Å². The van der Waals surface area contributed by atoms with E-state index in [9.17, 15) is 9.59 Å². The van der Waals surface area contributed by atoms with Gasteiger partial charge in [-0.3, -0.25) is 14.2 Å². The van der Waals surface area contributed by atoms with Crippen LogP contribution in [-0.4, -0.2) is 22.6 Å². The molecule has 0 aliphatic heterocycles. The maximum atomic E-state index is 13.7. The van der Waals surface area contributed by atoms with Crippen LogP contribution in [0.25, 0.3) is 21.6 Å². The average Bonchev–Trinajstić information content (AvgIpc) is 3.20. The second-order valence-corrected chi connectivity index (χ2v) is 8.92. The van der Waals surface area contributed by atoms with Crippen LogP contribution in [0.1, 0.15) is 23.3 Å². The second-order valence-electron chi connectivity index (χ2n) is 7.83. The number of aromatic nitrogens is 2. The number of thiophene rings is 1. The maximum absolute atomic E-state index is 13.7. The zero-order valence-electron chi connectivity index (χ0n) is 17.8. The molecule has 1 aliphatic rings. The molecule has 0 bridgehead atoms. The molecule has 4 aromatic rings. The van der Waals surface area contributed by atoms with E-state index in [0.29, 0.717) is 22.6 Å². The number of fused-ring (bicyclic) bond motifs is 3. The quantitative estimate of drug-likeness (QED) is 0.485. The Morgan fingerprint density at radius 2 is 1.84 bits per heavy atom. The van der Waals surface area contributed by atoms with Crippen molar-refractivity contribution in [2.75, 3.05) is 12.4 Å². The first-order chi connectivity index (χ1) is 15.7. The summed E-state index contributed by atoms with van der Waals surface area (Å²) in [6.45, 7) is -0.130. The Labute approximate surface area is 189 Å². The van der Waals surface area contributed by atoms with Gasteiger partial charge in [-0.2, -0.15) is 0 Å². The Morgan fingerprint density at radius 3 is 2.66 bits per heavy atom. The van der Waals surface area contributed by atoms with Gasteiger partial charge in [-0.25, -0.2) is 4.98 Å². The molecule has 6 nitrogen and oxygen atoms in total. The fraction of sp³-hybridized carbons (Fsp3) is 0.240. The number of hydrogen-bond donors (Lipinski definition) is 1. The minimum atomic E-state index is -0.306. The minimum Gasteiger partial charge on any atom is -0.495 e. The molecule has 1 N–H and O–H groups in total. The molecule has 2 aromatic heterocycles. The molecular weight excluding hydrogens is 422 g/mol. The van der Waals surface area contributed by atoms with Crippen LogP contribution in [0.15, 0.2) is 59.4 Å². The van der Waals surface area contributed by atoms with Crippen LogP contribution >= 0.6 is 11.3 Å². The first-order valence-corrected chi connectivity index (χ1v) is 11.5. The van der Waals surface area contributed by atoms with Crippen molar-refractivity contribution < 1.29 is 9.53 Å². The van der Waals surface area contributed by atoms with E-state index >= 15 is 0 Å². The van der Waals surface area contributed by atoms with Gasteiger partial charge >= 0.3 is 0 Å². The van der Waals surface area contributed by atoms with Crippen molar-refractivity contribution in [2.45, 2.75) is 32.2 Å². The van der Waals surface area contributed by atoms with Crippen LogP contribution in [0.3, 0.4) is 0 Å². The number of para-hydroxylation sites is 2. The lowest BCUT2D eigenvalue weighted by Crippen LogP contribution is -2.30. The van der Waals surface area contributed by atoms with Crippen LogP contribution in [0, 0.1) is 0 Å². The first-order valence-electron chi connectivity index (χ1n) is 10.7. The van der Waals surface area contributed by atoms with Crippen molar-refractivity contribution in [1.29, 1.82) is 0 Å². The van der Waals surface area contributed by atoms with Gasteiger partial charge in [-0.1, -0.05) is 42.5 Å². The van der Waals surface area contributed by atoms with Crippen LogP contribution in [0.4, 0.5) is 5.69 Å². The van der Waals surface area contributed by atoms with E-state index in [1.54, 1.807) is 30.6 Å². The molecule has 1 aliphatic carbocycles. The molecule has 5 rings (SSSR count). The SMILES string of the molecule is COc1ccccc1NC(=O)Cn1c(-c2ccccc2)nc2sc3c(c2c1=O)CCCC3. The van der Waals surface area contributed by atoms with E-state index in [4.69, 9.17) is 9.72 Å². The van der Waals surface area contributed by atoms with E-state index in [0.717, 1.165) is 41.6 Å². The third-order valence-electron chi connectivity index (χ3n) is 5.79. The van der Waals surface area contributed by atoms with Crippen molar-refractivity contribution in [3.8, 4) is 17.1 Å². The molecule has 2 heterocycles. The summed E-state index contributed by atoms with van der Waals surface area (Å²) < 4.78 is 6.83. The predicted octanol–water partition coefficient (Wildman–Crippen LogP) is 4.65. The lowest BCUT2D eigenvalue weighted by atomic mass is 9.97. The van der Waals surface area contributed by atoms with Gasteiger partial charge in [0.25, 0.3) is 5.56 Å². The number of benzene rings is 2. The highest BCUT2D eigenvalue weighted by Gasteiger charge is 2.23. The summed E-state index contributed by atoms with van der Waals surface area (Å²) >= 11 is 1.62. The Kier molecular flexibility index (Phi) is 5.49. The molecule has 0 saturated heterocycles. The van der Waals surface area contributed by atoms with Gasteiger partial charge in [0.2, 0.25) is 5.91 Å². The van der Waals surface area contributed by atoms with Crippen LogP contribution < -0.4 is 15.6 Å². The highest BCUT2D eigenvalue weighted by atomic mass is 32.1. The molecule has 1 amide bonds. The Morgan fingerprint density at radius 1 is 1.09 bits per heavy atom. The first kappa shape index (κ1) is 20.5. The van der Waals surface area contributed by atoms with Gasteiger partial charge in [-0.05, 0) is 43.4 Å². The minimum absolute atomic E-state index is 0.130. The summed E-state index contributed by atoms with van der Waals surface area (Å²) in [7, 11) is 1.56. The lowest BCUT2D eigenvalue weighted by Gasteiger charge is -2.15. The summed E-state index contributed by atoms with van der Waals surface area (Å²) in [5.74, 6) is 0.771. The normalized spacial score (nSPS) is 13.0. The van der Waals surface area contributed by atoms with Gasteiger partial charge in [0.05, 0.1) is 18.2 Å². The standard InChI is InChI=1S/C25H23N3O3S/c1-31-19-13-7-6-12-18(19)26-21(29)15-28-23(16-9-3-2-4-10-16)27-24-22(25(28)30)17-11-5-8-14-20(17)32-24/h2-4,6-7,9-10,12-13H,5,8,11,14-15H2,1H3,(H,26,29). The van der Waals surface area contributed by atoms with Crippen molar-refractivity contribution in [3.05, 3.63) is 75.4 Å². The fourth-order valence-corrected chi connectivity index (χ4v) is 5.53. The Bertz CT molecular complexity index is 1360. The van der Waals surface area contributed by atoms with Gasteiger partial charge in [0.1, 0.15) is 22.9 Å². The van der Waals surface area contributed by atoms with Crippen molar-refractivity contribution in [1.82, 2.24) is 9.55 Å². The van der Waals surface area contributed by atoms with Crippen molar-refractivity contribution in [2.24, 2.45) is 0 Å². The predicted molar refractivity (Wildman–Crippen MR) is 128 cm³/mol. The molecule has 0 atom stereocenters. The topological polar surface area (TPSA) is 73.2 Å². The van der Waals surface area contributed by atoms with E-state index in [-0.39, 0.29) is 18.0 Å². The maximum Gasteiger partial charge on any atom is 0.263 e. The summed E-state index contributed by atoms with van der Waals surface area (Å²) in [5.41, 5.74) is 2.34. The summed E-state index contributed by atoms with van der Waals surface area (Å²) in [5, 5.41) is 3.55. The third kappa shape index (κ3) is 3.69. The van der Waals surface area contributed by atoms with E-state index in [2.05, 4.69) is 5.32 Å². The number of nitrogens with zero attached hydrogens (tertiary/aromatic N) is 2. The molecular formula is C25H23N3O3S. The zero-order valence-corrected chi connectivity index (χ0v) is 18.6. The molecule has 7 heteroatoms. The summed E-state index contributed by atoms with van der Waals surface area (Å²) in [6.07, 6.45) is 4.10. The zero-order chi connectivity index (χ0) is 22.1. The highest BCUT2D eigenvalue weighted by molar-refractivity contribution is 7.18. The number of ether oxygens (including phenoxy) is 1. The third-order valence-corrected chi connectivity index (χ3v) is 6.98. The van der Waals surface area contributed by atoms with Gasteiger partial charge in [-0.15, -0.1) is 11.3 Å². The van der Waals surface area contributed by atoms with Crippen molar-refractivity contribution in [3.63, 3.8) is 0 Å². The number of methoxy groups -OCH3 is 1. The monoisotopic (exact) mass is 445 g/mol. The molecule has 0 unspecified atom stereocenters. The molecule has 0 fully saturated rings. The molecule has 32 heavy (non-hydrogen) atoms. The van der Waals surface area contributed by atoms with Gasteiger partial charge in [0, 0.05) is 10.4 Å². The molecule has 162 valence electrons. The lowest BCUT2D eigenvalue weighted by molar-refractivity contribution is -0.116. The number of nitrogens with one attached hydrogen (secondary N) is 1. The smallest absolute Gasteiger partial charge is 0.263 e. The number of hydrogen-bond acceptors (Lipinski definition) is 5. The second kappa shape index (κ2) is 8.59. The average molecular weight is 446 g/mol. The number of carbonyl (C=O) groups is 1. The van der Waals surface area contributed by atoms with Crippen LogP contribution in [0.5, 0.6) is 5.75 Å². The van der Waals surface area contributed by atoms with Gasteiger partial charge in [0.15, 0.2) is 0 Å². The number of aryl methyl sites for hydroxylation is 2. The Balaban J connectivity index is 1.61.